The lowest BCUT2D eigenvalue weighted by atomic mass is 10.0. The van der Waals surface area contributed by atoms with Crippen LogP contribution in [0.4, 0.5) is 13.2 Å². The van der Waals surface area contributed by atoms with Crippen molar-refractivity contribution < 1.29 is 32.9 Å². The van der Waals surface area contributed by atoms with Gasteiger partial charge in [0.2, 0.25) is 0 Å². The minimum atomic E-state index is -4.42. The lowest BCUT2D eigenvalue weighted by Gasteiger charge is -2.08. The quantitative estimate of drug-likeness (QED) is 0.654. The van der Waals surface area contributed by atoms with Gasteiger partial charge in [-0.1, -0.05) is 24.3 Å². The first-order valence-electron chi connectivity index (χ1n) is 6.72. The van der Waals surface area contributed by atoms with Gasteiger partial charge in [0, 0.05) is 6.07 Å². The number of hydrogen-bond donors (Lipinski definition) is 2. The van der Waals surface area contributed by atoms with E-state index in [1.165, 1.54) is 30.4 Å². The number of alkyl halides is 3. The molecule has 0 fully saturated rings. The first kappa shape index (κ1) is 17.4. The lowest BCUT2D eigenvalue weighted by molar-refractivity contribution is -0.137. The molecule has 0 amide bonds. The molecule has 126 valence electrons. The molecular weight excluding hydrogens is 325 g/mol. The predicted molar refractivity (Wildman–Crippen MR) is 81.5 cm³/mol. The van der Waals surface area contributed by atoms with Crippen molar-refractivity contribution in [2.24, 2.45) is 0 Å². The summed E-state index contributed by atoms with van der Waals surface area (Å²) in [4.78, 5) is 11.7. The first-order chi connectivity index (χ1) is 11.2. The lowest BCUT2D eigenvalue weighted by Crippen LogP contribution is -2.04. The van der Waals surface area contributed by atoms with Crippen molar-refractivity contribution in [1.29, 1.82) is 0 Å². The van der Waals surface area contributed by atoms with E-state index in [4.69, 9.17) is 0 Å². The van der Waals surface area contributed by atoms with Gasteiger partial charge in [-0.05, 0) is 29.3 Å². The second-order valence-corrected chi connectivity index (χ2v) is 4.87. The maximum absolute atomic E-state index is 12.5. The van der Waals surface area contributed by atoms with Gasteiger partial charge < -0.3 is 14.9 Å². The van der Waals surface area contributed by atoms with Crippen molar-refractivity contribution in [1.82, 2.24) is 0 Å². The van der Waals surface area contributed by atoms with Crippen molar-refractivity contribution in [2.75, 3.05) is 7.11 Å². The number of carbonyl (C=O) groups is 1. The molecule has 0 heterocycles. The molecule has 0 aliphatic heterocycles. The zero-order valence-electron chi connectivity index (χ0n) is 12.5. The Morgan fingerprint density at radius 1 is 1.08 bits per heavy atom. The van der Waals surface area contributed by atoms with Crippen LogP contribution in [0.1, 0.15) is 27.0 Å². The largest absolute Gasteiger partial charge is 0.508 e. The summed E-state index contributed by atoms with van der Waals surface area (Å²) in [6, 6.07) is 6.61. The van der Waals surface area contributed by atoms with Gasteiger partial charge in [0.1, 0.15) is 17.1 Å². The fraction of sp³-hybridized carbons (Fsp3) is 0.118. The summed E-state index contributed by atoms with van der Waals surface area (Å²) >= 11 is 0. The van der Waals surface area contributed by atoms with E-state index in [1.54, 1.807) is 0 Å². The minimum absolute atomic E-state index is 0.154. The molecule has 2 aromatic carbocycles. The average molecular weight is 338 g/mol. The molecule has 0 unspecified atom stereocenters. The highest BCUT2D eigenvalue weighted by atomic mass is 19.4. The molecule has 0 aliphatic carbocycles. The number of esters is 1. The van der Waals surface area contributed by atoms with E-state index >= 15 is 0 Å². The third-order valence-electron chi connectivity index (χ3n) is 3.22. The minimum Gasteiger partial charge on any atom is -0.508 e. The highest BCUT2D eigenvalue weighted by Crippen LogP contribution is 2.31. The van der Waals surface area contributed by atoms with Crippen LogP contribution in [-0.2, 0) is 10.9 Å². The van der Waals surface area contributed by atoms with Crippen molar-refractivity contribution in [3.63, 3.8) is 0 Å². The number of methoxy groups -OCH3 is 1. The predicted octanol–water partition coefficient (Wildman–Crippen LogP) is 4.07. The van der Waals surface area contributed by atoms with Crippen LogP contribution in [0.5, 0.6) is 11.5 Å². The number of aromatic hydroxyl groups is 2. The van der Waals surface area contributed by atoms with Crippen LogP contribution in [0.25, 0.3) is 12.2 Å². The Bertz CT molecular complexity index is 778. The van der Waals surface area contributed by atoms with Gasteiger partial charge in [0.25, 0.3) is 0 Å². The van der Waals surface area contributed by atoms with Gasteiger partial charge >= 0.3 is 12.1 Å². The fourth-order valence-corrected chi connectivity index (χ4v) is 2.06. The monoisotopic (exact) mass is 338 g/mol. The smallest absolute Gasteiger partial charge is 0.416 e. The molecule has 0 spiro atoms. The van der Waals surface area contributed by atoms with Crippen LogP contribution in [-0.4, -0.2) is 23.3 Å². The van der Waals surface area contributed by atoms with Gasteiger partial charge in [-0.15, -0.1) is 0 Å². The zero-order chi connectivity index (χ0) is 17.9. The van der Waals surface area contributed by atoms with E-state index in [-0.39, 0.29) is 16.9 Å². The molecule has 0 radical (unpaired) electrons. The van der Waals surface area contributed by atoms with Gasteiger partial charge in [0.05, 0.1) is 12.7 Å². The topological polar surface area (TPSA) is 66.8 Å². The molecule has 0 aromatic heterocycles. The fourth-order valence-electron chi connectivity index (χ4n) is 2.06. The van der Waals surface area contributed by atoms with Crippen LogP contribution < -0.4 is 0 Å². The Morgan fingerprint density at radius 2 is 1.71 bits per heavy atom. The maximum atomic E-state index is 12.5. The Hall–Kier alpha value is -2.96. The van der Waals surface area contributed by atoms with Crippen LogP contribution in [0.3, 0.4) is 0 Å². The SMILES string of the molecule is COC(=O)c1c(O)cc(O)cc1/C=C/c1ccc(C(F)(F)F)cc1. The summed E-state index contributed by atoms with van der Waals surface area (Å²) in [5, 5.41) is 19.3. The summed E-state index contributed by atoms with van der Waals surface area (Å²) in [5.41, 5.74) is -0.316. The Balaban J connectivity index is 2.37. The number of carbonyl (C=O) groups excluding carboxylic acids is 1. The van der Waals surface area contributed by atoms with E-state index in [1.807, 2.05) is 0 Å². The molecule has 0 atom stereocenters. The highest BCUT2D eigenvalue weighted by molar-refractivity contribution is 5.97. The summed E-state index contributed by atoms with van der Waals surface area (Å²) < 4.78 is 42.1. The summed E-state index contributed by atoms with van der Waals surface area (Å²) in [6.45, 7) is 0. The Kier molecular flexibility index (Phi) is 4.82. The molecule has 2 rings (SSSR count). The molecule has 0 bridgehead atoms. The van der Waals surface area contributed by atoms with Crippen molar-refractivity contribution >= 4 is 18.1 Å². The van der Waals surface area contributed by atoms with E-state index in [9.17, 15) is 28.2 Å². The van der Waals surface area contributed by atoms with Crippen LogP contribution in [0, 0.1) is 0 Å². The van der Waals surface area contributed by atoms with E-state index in [0.29, 0.717) is 5.56 Å². The summed E-state index contributed by atoms with van der Waals surface area (Å²) in [5.74, 6) is -1.54. The van der Waals surface area contributed by atoms with Gasteiger partial charge in [0.15, 0.2) is 0 Å². The van der Waals surface area contributed by atoms with Crippen LogP contribution in [0.15, 0.2) is 36.4 Å². The standard InChI is InChI=1S/C17H13F3O4/c1-24-16(23)15-11(8-13(21)9-14(15)22)5-2-10-3-6-12(7-4-10)17(18,19)20/h2-9,21-22H,1H3/b5-2+. The number of halogens is 3. The maximum Gasteiger partial charge on any atom is 0.416 e. The van der Waals surface area contributed by atoms with Crippen molar-refractivity contribution in [2.45, 2.75) is 6.18 Å². The zero-order valence-corrected chi connectivity index (χ0v) is 12.5. The Morgan fingerprint density at radius 3 is 2.25 bits per heavy atom. The van der Waals surface area contributed by atoms with Crippen LogP contribution >= 0.6 is 0 Å². The number of phenolic OH excluding ortho intramolecular Hbond substituents is 2. The molecule has 24 heavy (non-hydrogen) atoms. The number of hydrogen-bond acceptors (Lipinski definition) is 4. The van der Waals surface area contributed by atoms with E-state index in [0.717, 1.165) is 25.3 Å². The third-order valence-corrected chi connectivity index (χ3v) is 3.22. The summed E-state index contributed by atoms with van der Waals surface area (Å²) in [6.07, 6.45) is -1.59. The second kappa shape index (κ2) is 6.66. The molecule has 7 heteroatoms. The molecule has 0 aliphatic rings. The molecule has 2 aromatic rings. The van der Waals surface area contributed by atoms with Gasteiger partial charge in [-0.25, -0.2) is 4.79 Å². The number of benzene rings is 2. The van der Waals surface area contributed by atoms with E-state index in [2.05, 4.69) is 4.74 Å². The number of phenols is 2. The third kappa shape index (κ3) is 3.87. The molecule has 0 saturated carbocycles. The molecule has 2 N–H and O–H groups in total. The van der Waals surface area contributed by atoms with Gasteiger partial charge in [-0.2, -0.15) is 13.2 Å². The number of ether oxygens (including phenoxy) is 1. The molecule has 0 saturated heterocycles. The van der Waals surface area contributed by atoms with Crippen molar-refractivity contribution in [3.8, 4) is 11.5 Å². The highest BCUT2D eigenvalue weighted by Gasteiger charge is 2.29. The second-order valence-electron chi connectivity index (χ2n) is 4.87. The molecule has 4 nitrogen and oxygen atoms in total. The van der Waals surface area contributed by atoms with Gasteiger partial charge in [-0.3, -0.25) is 0 Å². The summed E-state index contributed by atoms with van der Waals surface area (Å²) in [7, 11) is 1.14. The number of rotatable bonds is 3. The Labute approximate surface area is 135 Å². The molecular formula is C17H13F3O4. The van der Waals surface area contributed by atoms with Crippen molar-refractivity contribution in [3.05, 3.63) is 58.7 Å². The normalized spacial score (nSPS) is 11.7. The van der Waals surface area contributed by atoms with Crippen LogP contribution in [0.2, 0.25) is 0 Å². The first-order valence-corrected chi connectivity index (χ1v) is 6.72. The van der Waals surface area contributed by atoms with E-state index < -0.39 is 23.5 Å². The average Bonchev–Trinajstić information content (AvgIpc) is 2.51.